The van der Waals surface area contributed by atoms with Crippen LogP contribution in [0.15, 0.2) is 30.4 Å². The van der Waals surface area contributed by atoms with Gasteiger partial charge < -0.3 is 0 Å². The summed E-state index contributed by atoms with van der Waals surface area (Å²) in [5, 5.41) is 8.00. The van der Waals surface area contributed by atoms with Crippen LogP contribution in [0.2, 0.25) is 0 Å². The van der Waals surface area contributed by atoms with E-state index in [4.69, 9.17) is 5.26 Å². The first-order chi connectivity index (χ1) is 4.31. The Morgan fingerprint density at radius 1 is 1.67 bits per heavy atom. The summed E-state index contributed by atoms with van der Waals surface area (Å²) in [6.07, 6.45) is 1.53. The zero-order valence-electron chi connectivity index (χ0n) is 5.59. The van der Waals surface area contributed by atoms with Gasteiger partial charge in [0.05, 0.1) is 0 Å². The molecule has 0 aromatic carbocycles. The standard InChI is InChI=1S/C5H6N2.C2H4/c1-3-7-5(2)4-6;1-2/h3H,2H2,1H3;1-2H2. The molecule has 0 heterocycles. The number of rotatable bonds is 1. The Labute approximate surface area is 55.8 Å². The molecule has 0 unspecified atom stereocenters. The molecule has 0 aliphatic carbocycles. The van der Waals surface area contributed by atoms with E-state index in [9.17, 15) is 0 Å². The lowest BCUT2D eigenvalue weighted by Crippen LogP contribution is -1.64. The number of allylic oxidation sites excluding steroid dienone is 1. The third-order valence-electron chi connectivity index (χ3n) is 0.414. The molecular weight excluding hydrogens is 112 g/mol. The molecule has 0 aliphatic rings. The van der Waals surface area contributed by atoms with Crippen LogP contribution in [0.3, 0.4) is 0 Å². The van der Waals surface area contributed by atoms with Gasteiger partial charge in [0.1, 0.15) is 11.8 Å². The number of hydrogen-bond acceptors (Lipinski definition) is 2. The van der Waals surface area contributed by atoms with E-state index in [0.717, 1.165) is 0 Å². The predicted molar refractivity (Wildman–Crippen MR) is 40.2 cm³/mol. The Hall–Kier alpha value is -1.36. The minimum atomic E-state index is 0.252. The SMILES string of the molecule is C=C.C=C(C#N)N=CC. The fourth-order valence-corrected chi connectivity index (χ4v) is 0.185. The topological polar surface area (TPSA) is 36.1 Å². The van der Waals surface area contributed by atoms with Crippen molar-refractivity contribution in [2.75, 3.05) is 0 Å². The van der Waals surface area contributed by atoms with E-state index < -0.39 is 0 Å². The Balaban J connectivity index is 0. The summed E-state index contributed by atoms with van der Waals surface area (Å²) in [6, 6.07) is 1.77. The molecular formula is C7H10N2. The molecule has 0 N–H and O–H groups in total. The van der Waals surface area contributed by atoms with Gasteiger partial charge in [-0.25, -0.2) is 0 Å². The van der Waals surface area contributed by atoms with Crippen molar-refractivity contribution in [2.45, 2.75) is 6.92 Å². The second kappa shape index (κ2) is 9.81. The first-order valence-corrected chi connectivity index (χ1v) is 2.39. The molecule has 2 heteroatoms. The van der Waals surface area contributed by atoms with Crippen molar-refractivity contribution in [2.24, 2.45) is 4.99 Å². The molecule has 0 amide bonds. The Morgan fingerprint density at radius 2 is 2.11 bits per heavy atom. The molecule has 0 atom stereocenters. The molecule has 0 saturated heterocycles. The second-order valence-electron chi connectivity index (χ2n) is 0.946. The van der Waals surface area contributed by atoms with Gasteiger partial charge in [0.2, 0.25) is 0 Å². The summed E-state index contributed by atoms with van der Waals surface area (Å²) in [4.78, 5) is 3.56. The first kappa shape index (κ1) is 10.6. The van der Waals surface area contributed by atoms with Gasteiger partial charge in [-0.2, -0.15) is 5.26 Å². The highest BCUT2D eigenvalue weighted by Crippen LogP contribution is 1.83. The van der Waals surface area contributed by atoms with E-state index in [1.807, 2.05) is 0 Å². The molecule has 0 spiro atoms. The smallest absolute Gasteiger partial charge is 0.132 e. The van der Waals surface area contributed by atoms with Gasteiger partial charge in [-0.05, 0) is 6.92 Å². The van der Waals surface area contributed by atoms with Gasteiger partial charge in [0.25, 0.3) is 0 Å². The predicted octanol–water partition coefficient (Wildman–Crippen LogP) is 1.92. The van der Waals surface area contributed by atoms with E-state index in [1.165, 1.54) is 6.21 Å². The zero-order valence-corrected chi connectivity index (χ0v) is 5.59. The van der Waals surface area contributed by atoms with Crippen molar-refractivity contribution in [1.29, 1.82) is 5.26 Å². The third kappa shape index (κ3) is 10.8. The Morgan fingerprint density at radius 3 is 2.22 bits per heavy atom. The van der Waals surface area contributed by atoms with Crippen LogP contribution in [0.25, 0.3) is 0 Å². The van der Waals surface area contributed by atoms with Crippen molar-refractivity contribution in [3.05, 3.63) is 25.4 Å². The molecule has 0 aromatic heterocycles. The lowest BCUT2D eigenvalue weighted by molar-refractivity contribution is 1.40. The van der Waals surface area contributed by atoms with E-state index in [2.05, 4.69) is 24.7 Å². The van der Waals surface area contributed by atoms with E-state index in [-0.39, 0.29) is 5.70 Å². The van der Waals surface area contributed by atoms with Gasteiger partial charge in [0.15, 0.2) is 0 Å². The maximum atomic E-state index is 8.00. The Bertz CT molecular complexity index is 139. The summed E-state index contributed by atoms with van der Waals surface area (Å²) in [5.74, 6) is 0. The van der Waals surface area contributed by atoms with Gasteiger partial charge in [-0.3, -0.25) is 4.99 Å². The normalized spacial score (nSPS) is 7.11. The first-order valence-electron chi connectivity index (χ1n) is 2.39. The Kier molecular flexibility index (Phi) is 11.5. The quantitative estimate of drug-likeness (QED) is 0.297. The molecule has 0 bridgehead atoms. The molecule has 0 saturated carbocycles. The van der Waals surface area contributed by atoms with Crippen LogP contribution in [0.4, 0.5) is 0 Å². The van der Waals surface area contributed by atoms with Crippen molar-refractivity contribution >= 4 is 6.21 Å². The third-order valence-corrected chi connectivity index (χ3v) is 0.414. The molecule has 2 nitrogen and oxygen atoms in total. The van der Waals surface area contributed by atoms with Crippen LogP contribution in [0.5, 0.6) is 0 Å². The highest BCUT2D eigenvalue weighted by molar-refractivity contribution is 5.56. The summed E-state index contributed by atoms with van der Waals surface area (Å²) in [5.41, 5.74) is 0.252. The molecule has 48 valence electrons. The monoisotopic (exact) mass is 122 g/mol. The van der Waals surface area contributed by atoms with E-state index in [0.29, 0.717) is 0 Å². The number of nitriles is 1. The average molecular weight is 122 g/mol. The molecule has 0 radical (unpaired) electrons. The maximum Gasteiger partial charge on any atom is 0.132 e. The van der Waals surface area contributed by atoms with Crippen LogP contribution in [0.1, 0.15) is 6.92 Å². The summed E-state index contributed by atoms with van der Waals surface area (Å²) in [7, 11) is 0. The fraction of sp³-hybridized carbons (Fsp3) is 0.143. The average Bonchev–Trinajstić information content (AvgIpc) is 1.93. The molecule has 0 rings (SSSR count). The summed E-state index contributed by atoms with van der Waals surface area (Å²) >= 11 is 0. The largest absolute Gasteiger partial charge is 0.251 e. The minimum Gasteiger partial charge on any atom is -0.251 e. The highest BCUT2D eigenvalue weighted by Gasteiger charge is 1.74. The number of aliphatic imine (C=N–C) groups is 1. The van der Waals surface area contributed by atoms with Crippen LogP contribution >= 0.6 is 0 Å². The zero-order chi connectivity index (χ0) is 7.70. The van der Waals surface area contributed by atoms with Gasteiger partial charge >= 0.3 is 0 Å². The fourth-order valence-electron chi connectivity index (χ4n) is 0.185. The molecule has 0 aromatic rings. The van der Waals surface area contributed by atoms with Crippen molar-refractivity contribution in [3.8, 4) is 6.07 Å². The van der Waals surface area contributed by atoms with Crippen molar-refractivity contribution in [3.63, 3.8) is 0 Å². The van der Waals surface area contributed by atoms with Crippen LogP contribution in [-0.2, 0) is 0 Å². The molecule has 0 fully saturated rings. The van der Waals surface area contributed by atoms with Crippen molar-refractivity contribution < 1.29 is 0 Å². The highest BCUT2D eigenvalue weighted by atomic mass is 14.7. The summed E-state index contributed by atoms with van der Waals surface area (Å²) < 4.78 is 0. The summed E-state index contributed by atoms with van der Waals surface area (Å²) in [6.45, 7) is 11.0. The van der Waals surface area contributed by atoms with Crippen molar-refractivity contribution in [1.82, 2.24) is 0 Å². The molecule has 0 aliphatic heterocycles. The van der Waals surface area contributed by atoms with Crippen LogP contribution in [0, 0.1) is 11.3 Å². The number of hydrogen-bond donors (Lipinski definition) is 0. The van der Waals surface area contributed by atoms with Gasteiger partial charge in [-0.1, -0.05) is 6.58 Å². The molecule has 9 heavy (non-hydrogen) atoms. The maximum absolute atomic E-state index is 8.00. The van der Waals surface area contributed by atoms with Gasteiger partial charge in [0, 0.05) is 6.21 Å². The van der Waals surface area contributed by atoms with Gasteiger partial charge in [-0.15, -0.1) is 13.2 Å². The lowest BCUT2D eigenvalue weighted by atomic mass is 10.6. The van der Waals surface area contributed by atoms with Crippen LogP contribution in [-0.4, -0.2) is 6.21 Å². The number of nitrogens with zero attached hydrogens (tertiary/aromatic N) is 2. The van der Waals surface area contributed by atoms with E-state index >= 15 is 0 Å². The van der Waals surface area contributed by atoms with E-state index in [1.54, 1.807) is 13.0 Å². The minimum absolute atomic E-state index is 0.252. The lowest BCUT2D eigenvalue weighted by Gasteiger charge is -1.73. The van der Waals surface area contributed by atoms with Crippen LogP contribution < -0.4 is 0 Å². The second-order valence-corrected chi connectivity index (χ2v) is 0.946.